The van der Waals surface area contributed by atoms with Gasteiger partial charge in [-0.05, 0) is 67.1 Å². The van der Waals surface area contributed by atoms with Crippen molar-refractivity contribution in [2.75, 3.05) is 10.0 Å². The number of nitrogens with one attached hydrogen (secondary N) is 2. The number of halogens is 3. The summed E-state index contributed by atoms with van der Waals surface area (Å²) in [5.41, 5.74) is 1.58. The van der Waals surface area contributed by atoms with Crippen molar-refractivity contribution in [3.63, 3.8) is 0 Å². The molecule has 0 fully saturated rings. The van der Waals surface area contributed by atoms with Crippen LogP contribution in [-0.4, -0.2) is 14.3 Å². The quantitative estimate of drug-likeness (QED) is 0.536. The number of sulfonamides is 1. The normalized spacial score (nSPS) is 11.2. The van der Waals surface area contributed by atoms with Crippen LogP contribution in [0.3, 0.4) is 0 Å². The van der Waals surface area contributed by atoms with Crippen molar-refractivity contribution >= 4 is 50.5 Å². The number of carbonyl (C=O) groups excluding carboxylic acids is 1. The second kappa shape index (κ2) is 8.41. The van der Waals surface area contributed by atoms with Crippen LogP contribution in [0.2, 0.25) is 10.0 Å². The molecular formula is C20H15Cl2FN2O3S. The van der Waals surface area contributed by atoms with E-state index in [-0.39, 0.29) is 26.2 Å². The predicted molar refractivity (Wildman–Crippen MR) is 113 cm³/mol. The van der Waals surface area contributed by atoms with Gasteiger partial charge in [-0.1, -0.05) is 29.3 Å². The molecule has 5 nitrogen and oxygen atoms in total. The average molecular weight is 453 g/mol. The van der Waals surface area contributed by atoms with E-state index in [0.717, 1.165) is 0 Å². The van der Waals surface area contributed by atoms with Gasteiger partial charge in [0, 0.05) is 22.0 Å². The van der Waals surface area contributed by atoms with E-state index in [4.69, 9.17) is 23.2 Å². The number of carbonyl (C=O) groups is 1. The molecule has 1 amide bonds. The highest BCUT2D eigenvalue weighted by Gasteiger charge is 2.19. The van der Waals surface area contributed by atoms with Crippen molar-refractivity contribution in [1.82, 2.24) is 0 Å². The fourth-order valence-corrected chi connectivity index (χ4v) is 4.33. The fraction of sp³-hybridized carbons (Fsp3) is 0.0500. The van der Waals surface area contributed by atoms with Gasteiger partial charge >= 0.3 is 0 Å². The van der Waals surface area contributed by atoms with E-state index < -0.39 is 21.7 Å². The van der Waals surface area contributed by atoms with Crippen molar-refractivity contribution in [3.8, 4) is 0 Å². The average Bonchev–Trinajstić information content (AvgIpc) is 2.66. The first kappa shape index (κ1) is 21.1. The van der Waals surface area contributed by atoms with Crippen LogP contribution in [0.25, 0.3) is 0 Å². The fourth-order valence-electron chi connectivity index (χ4n) is 2.51. The summed E-state index contributed by atoms with van der Waals surface area (Å²) in [6.07, 6.45) is 0. The molecule has 0 aromatic heterocycles. The molecule has 29 heavy (non-hydrogen) atoms. The molecule has 9 heteroatoms. The van der Waals surface area contributed by atoms with Gasteiger partial charge in [0.15, 0.2) is 0 Å². The van der Waals surface area contributed by atoms with Crippen LogP contribution >= 0.6 is 23.2 Å². The van der Waals surface area contributed by atoms with Gasteiger partial charge in [0.2, 0.25) is 0 Å². The maximum Gasteiger partial charge on any atom is 0.263 e. The molecule has 0 heterocycles. The number of rotatable bonds is 5. The van der Waals surface area contributed by atoms with Gasteiger partial charge in [-0.2, -0.15) is 0 Å². The number of benzene rings is 3. The Morgan fingerprint density at radius 2 is 1.66 bits per heavy atom. The second-order valence-corrected chi connectivity index (χ2v) is 8.67. The lowest BCUT2D eigenvalue weighted by molar-refractivity contribution is 0.102. The van der Waals surface area contributed by atoms with E-state index in [9.17, 15) is 17.6 Å². The zero-order chi connectivity index (χ0) is 21.2. The molecule has 0 aliphatic rings. The molecule has 0 bridgehead atoms. The number of amides is 1. The zero-order valence-corrected chi connectivity index (χ0v) is 17.4. The number of aryl methyl sites for hydroxylation is 1. The van der Waals surface area contributed by atoms with Crippen molar-refractivity contribution in [1.29, 1.82) is 0 Å². The summed E-state index contributed by atoms with van der Waals surface area (Å²) >= 11 is 11.8. The van der Waals surface area contributed by atoms with Crippen LogP contribution in [0.15, 0.2) is 65.6 Å². The Morgan fingerprint density at radius 1 is 0.966 bits per heavy atom. The number of hydrogen-bond acceptors (Lipinski definition) is 3. The van der Waals surface area contributed by atoms with Crippen LogP contribution in [0.1, 0.15) is 15.9 Å². The maximum atomic E-state index is 13.4. The van der Waals surface area contributed by atoms with Crippen molar-refractivity contribution in [3.05, 3.63) is 87.7 Å². The third-order valence-corrected chi connectivity index (χ3v) is 6.13. The van der Waals surface area contributed by atoms with Crippen LogP contribution < -0.4 is 10.0 Å². The SMILES string of the molecule is Cc1ccc(F)cc1NC(=O)c1ccc(NS(=O)(=O)c2cc(Cl)ccc2Cl)cc1. The largest absolute Gasteiger partial charge is 0.322 e. The zero-order valence-electron chi connectivity index (χ0n) is 15.0. The summed E-state index contributed by atoms with van der Waals surface area (Å²) in [5, 5.41) is 2.89. The van der Waals surface area contributed by atoms with Gasteiger partial charge < -0.3 is 5.32 Å². The van der Waals surface area contributed by atoms with E-state index in [1.807, 2.05) is 0 Å². The summed E-state index contributed by atoms with van der Waals surface area (Å²) in [6, 6.07) is 14.0. The van der Waals surface area contributed by atoms with E-state index in [1.165, 1.54) is 54.6 Å². The van der Waals surface area contributed by atoms with Crippen molar-refractivity contribution in [2.24, 2.45) is 0 Å². The van der Waals surface area contributed by atoms with Gasteiger partial charge in [0.05, 0.1) is 5.02 Å². The van der Waals surface area contributed by atoms with Gasteiger partial charge in [-0.15, -0.1) is 0 Å². The van der Waals surface area contributed by atoms with Crippen molar-refractivity contribution < 1.29 is 17.6 Å². The molecule has 0 saturated heterocycles. The standard InChI is InChI=1S/C20H15Cl2FN2O3S/c1-12-2-6-15(23)11-18(12)24-20(26)13-3-7-16(8-4-13)25-29(27,28)19-10-14(21)5-9-17(19)22/h2-11,25H,1H3,(H,24,26). The Kier molecular flexibility index (Phi) is 6.12. The Hall–Kier alpha value is -2.61. The first-order valence-corrected chi connectivity index (χ1v) is 10.5. The lowest BCUT2D eigenvalue weighted by atomic mass is 10.1. The van der Waals surface area contributed by atoms with Crippen LogP contribution in [-0.2, 0) is 10.0 Å². The van der Waals surface area contributed by atoms with E-state index >= 15 is 0 Å². The minimum atomic E-state index is -3.97. The maximum absolute atomic E-state index is 13.4. The molecule has 0 spiro atoms. The van der Waals surface area contributed by atoms with Crippen LogP contribution in [0.4, 0.5) is 15.8 Å². The molecule has 0 radical (unpaired) electrons. The van der Waals surface area contributed by atoms with Gasteiger partial charge in [-0.25, -0.2) is 12.8 Å². The van der Waals surface area contributed by atoms with Crippen molar-refractivity contribution in [2.45, 2.75) is 11.8 Å². The number of anilines is 2. The van der Waals surface area contributed by atoms with Gasteiger partial charge in [0.25, 0.3) is 15.9 Å². The second-order valence-electron chi connectivity index (χ2n) is 6.17. The lowest BCUT2D eigenvalue weighted by Crippen LogP contribution is -2.15. The smallest absolute Gasteiger partial charge is 0.263 e. The molecule has 0 aliphatic heterocycles. The minimum absolute atomic E-state index is 0.0309. The monoisotopic (exact) mass is 452 g/mol. The first-order valence-electron chi connectivity index (χ1n) is 8.31. The topological polar surface area (TPSA) is 75.3 Å². The van der Waals surface area contributed by atoms with Gasteiger partial charge in [0.1, 0.15) is 10.7 Å². The summed E-state index contributed by atoms with van der Waals surface area (Å²) in [5.74, 6) is -0.915. The minimum Gasteiger partial charge on any atom is -0.322 e. The Balaban J connectivity index is 1.77. The van der Waals surface area contributed by atoms with Crippen LogP contribution in [0, 0.1) is 12.7 Å². The molecule has 3 aromatic rings. The molecule has 0 unspecified atom stereocenters. The summed E-state index contributed by atoms with van der Waals surface area (Å²) < 4.78 is 40.8. The molecular weight excluding hydrogens is 438 g/mol. The molecule has 3 rings (SSSR count). The van der Waals surface area contributed by atoms with Crippen LogP contribution in [0.5, 0.6) is 0 Å². The summed E-state index contributed by atoms with van der Waals surface area (Å²) in [6.45, 7) is 1.74. The van der Waals surface area contributed by atoms with Gasteiger partial charge in [-0.3, -0.25) is 9.52 Å². The van der Waals surface area contributed by atoms with E-state index in [1.54, 1.807) is 13.0 Å². The Morgan fingerprint density at radius 3 is 2.34 bits per heavy atom. The first-order chi connectivity index (χ1) is 13.7. The van der Waals surface area contributed by atoms with E-state index in [0.29, 0.717) is 11.3 Å². The molecule has 150 valence electrons. The summed E-state index contributed by atoms with van der Waals surface area (Å²) in [4.78, 5) is 12.2. The highest BCUT2D eigenvalue weighted by Crippen LogP contribution is 2.27. The Labute approximate surface area is 177 Å². The molecule has 0 aliphatic carbocycles. The highest BCUT2D eigenvalue weighted by molar-refractivity contribution is 7.92. The molecule has 0 atom stereocenters. The molecule has 3 aromatic carbocycles. The third-order valence-electron chi connectivity index (χ3n) is 4.03. The molecule has 2 N–H and O–H groups in total. The molecule has 0 saturated carbocycles. The summed E-state index contributed by atoms with van der Waals surface area (Å²) in [7, 11) is -3.97. The predicted octanol–water partition coefficient (Wildman–Crippen LogP) is 5.49. The third kappa shape index (κ3) is 5.06. The highest BCUT2D eigenvalue weighted by atomic mass is 35.5. The van der Waals surface area contributed by atoms with E-state index in [2.05, 4.69) is 10.0 Å². The Bertz CT molecular complexity index is 1180. The number of hydrogen-bond donors (Lipinski definition) is 2. The lowest BCUT2D eigenvalue weighted by Gasteiger charge is -2.11.